The van der Waals surface area contributed by atoms with Crippen molar-refractivity contribution in [1.29, 1.82) is 0 Å². The molecule has 17 heavy (non-hydrogen) atoms. The van der Waals surface area contributed by atoms with Gasteiger partial charge < -0.3 is 10.7 Å². The summed E-state index contributed by atoms with van der Waals surface area (Å²) in [5.74, 6) is 0.503. The fraction of sp³-hybridized carbons (Fsp3) is 0.0833. The standard InChI is InChI=1S/C12H11BrN4/c1-6-11(9-5-10(14)17-16-9)7-3-2-4-8(13)12(7)15-6/h2-5,15H,1H3,(H3,14,16,17). The van der Waals surface area contributed by atoms with Gasteiger partial charge in [-0.25, -0.2) is 0 Å². The Balaban J connectivity index is 2.36. The quantitative estimate of drug-likeness (QED) is 0.644. The highest BCUT2D eigenvalue weighted by Crippen LogP contribution is 2.34. The van der Waals surface area contributed by atoms with Crippen molar-refractivity contribution in [2.24, 2.45) is 0 Å². The molecule has 0 saturated heterocycles. The molecule has 0 aliphatic carbocycles. The van der Waals surface area contributed by atoms with Crippen LogP contribution < -0.4 is 5.73 Å². The average Bonchev–Trinajstić information content (AvgIpc) is 2.82. The van der Waals surface area contributed by atoms with Crippen LogP contribution in [0.1, 0.15) is 5.69 Å². The lowest BCUT2D eigenvalue weighted by Crippen LogP contribution is -1.81. The zero-order valence-electron chi connectivity index (χ0n) is 9.21. The van der Waals surface area contributed by atoms with Crippen molar-refractivity contribution in [2.45, 2.75) is 6.92 Å². The van der Waals surface area contributed by atoms with E-state index in [1.54, 1.807) is 0 Å². The van der Waals surface area contributed by atoms with Gasteiger partial charge in [0.15, 0.2) is 0 Å². The molecule has 86 valence electrons. The molecule has 0 amide bonds. The van der Waals surface area contributed by atoms with Gasteiger partial charge in [-0.15, -0.1) is 0 Å². The van der Waals surface area contributed by atoms with Crippen molar-refractivity contribution in [3.63, 3.8) is 0 Å². The third kappa shape index (κ3) is 1.54. The first-order chi connectivity index (χ1) is 8.16. The molecule has 2 aromatic heterocycles. The van der Waals surface area contributed by atoms with E-state index in [4.69, 9.17) is 5.73 Å². The van der Waals surface area contributed by atoms with Crippen LogP contribution in [0.2, 0.25) is 0 Å². The Kier molecular flexibility index (Phi) is 2.22. The number of hydrogen-bond donors (Lipinski definition) is 3. The third-order valence-electron chi connectivity index (χ3n) is 2.84. The minimum atomic E-state index is 0.503. The van der Waals surface area contributed by atoms with Gasteiger partial charge in [0.25, 0.3) is 0 Å². The summed E-state index contributed by atoms with van der Waals surface area (Å²) < 4.78 is 1.05. The number of aromatic amines is 2. The van der Waals surface area contributed by atoms with Gasteiger partial charge in [0.2, 0.25) is 0 Å². The Morgan fingerprint density at radius 1 is 1.35 bits per heavy atom. The molecule has 0 radical (unpaired) electrons. The number of para-hydroxylation sites is 1. The van der Waals surface area contributed by atoms with E-state index in [-0.39, 0.29) is 0 Å². The van der Waals surface area contributed by atoms with Gasteiger partial charge >= 0.3 is 0 Å². The van der Waals surface area contributed by atoms with E-state index < -0.39 is 0 Å². The number of H-pyrrole nitrogens is 2. The number of halogens is 1. The van der Waals surface area contributed by atoms with Crippen LogP contribution in [0.4, 0.5) is 5.82 Å². The van der Waals surface area contributed by atoms with Crippen LogP contribution in [0, 0.1) is 6.92 Å². The fourth-order valence-electron chi connectivity index (χ4n) is 2.12. The molecule has 0 spiro atoms. The summed E-state index contributed by atoms with van der Waals surface area (Å²) in [6, 6.07) is 7.96. The molecular weight excluding hydrogens is 280 g/mol. The first kappa shape index (κ1) is 10.4. The number of nitrogen functional groups attached to an aromatic ring is 1. The summed E-state index contributed by atoms with van der Waals surface area (Å²) in [6.07, 6.45) is 0. The molecule has 4 nitrogen and oxygen atoms in total. The van der Waals surface area contributed by atoms with Crippen LogP contribution in [0.5, 0.6) is 0 Å². The third-order valence-corrected chi connectivity index (χ3v) is 3.50. The van der Waals surface area contributed by atoms with Crippen LogP contribution in [0.25, 0.3) is 22.2 Å². The lowest BCUT2D eigenvalue weighted by molar-refractivity contribution is 1.10. The van der Waals surface area contributed by atoms with Crippen molar-refractivity contribution in [3.8, 4) is 11.3 Å². The first-order valence-electron chi connectivity index (χ1n) is 5.25. The number of nitrogens with two attached hydrogens (primary N) is 1. The number of fused-ring (bicyclic) bond motifs is 1. The highest BCUT2D eigenvalue weighted by Gasteiger charge is 2.13. The van der Waals surface area contributed by atoms with E-state index in [0.717, 1.165) is 32.3 Å². The Hall–Kier alpha value is -1.75. The summed E-state index contributed by atoms with van der Waals surface area (Å²) >= 11 is 3.54. The Labute approximate surface area is 106 Å². The summed E-state index contributed by atoms with van der Waals surface area (Å²) in [7, 11) is 0. The van der Waals surface area contributed by atoms with Crippen LogP contribution in [0.3, 0.4) is 0 Å². The average molecular weight is 291 g/mol. The smallest absolute Gasteiger partial charge is 0.145 e. The molecular formula is C12H11BrN4. The van der Waals surface area contributed by atoms with Crippen molar-refractivity contribution in [2.75, 3.05) is 5.73 Å². The predicted octanol–water partition coefficient (Wildman–Crippen LogP) is 3.21. The van der Waals surface area contributed by atoms with E-state index in [9.17, 15) is 0 Å². The largest absolute Gasteiger partial charge is 0.382 e. The number of rotatable bonds is 1. The monoisotopic (exact) mass is 290 g/mol. The topological polar surface area (TPSA) is 70.5 Å². The second-order valence-corrected chi connectivity index (χ2v) is 4.85. The molecule has 0 bridgehead atoms. The summed E-state index contributed by atoms with van der Waals surface area (Å²) in [4.78, 5) is 3.37. The zero-order chi connectivity index (χ0) is 12.0. The molecule has 0 aliphatic rings. The summed E-state index contributed by atoms with van der Waals surface area (Å²) in [6.45, 7) is 2.04. The lowest BCUT2D eigenvalue weighted by atomic mass is 10.1. The second kappa shape index (κ2) is 3.63. The Morgan fingerprint density at radius 2 is 2.18 bits per heavy atom. The molecule has 0 saturated carbocycles. The second-order valence-electron chi connectivity index (χ2n) is 3.99. The molecule has 2 heterocycles. The maximum Gasteiger partial charge on any atom is 0.145 e. The van der Waals surface area contributed by atoms with E-state index >= 15 is 0 Å². The molecule has 4 N–H and O–H groups in total. The number of nitrogens with one attached hydrogen (secondary N) is 2. The number of anilines is 1. The maximum atomic E-state index is 5.65. The minimum Gasteiger partial charge on any atom is -0.382 e. The van der Waals surface area contributed by atoms with E-state index in [1.165, 1.54) is 0 Å². The van der Waals surface area contributed by atoms with Gasteiger partial charge in [0, 0.05) is 27.2 Å². The van der Waals surface area contributed by atoms with E-state index in [1.807, 2.05) is 25.1 Å². The summed E-state index contributed by atoms with van der Waals surface area (Å²) in [5, 5.41) is 8.07. The van der Waals surface area contributed by atoms with Gasteiger partial charge in [-0.3, -0.25) is 5.10 Å². The van der Waals surface area contributed by atoms with Crippen LogP contribution in [-0.2, 0) is 0 Å². The molecule has 1 aromatic carbocycles. The van der Waals surface area contributed by atoms with Crippen LogP contribution in [-0.4, -0.2) is 15.2 Å². The first-order valence-corrected chi connectivity index (χ1v) is 6.04. The van der Waals surface area contributed by atoms with Crippen molar-refractivity contribution in [1.82, 2.24) is 15.2 Å². The SMILES string of the molecule is Cc1[nH]c2c(Br)cccc2c1-c1cc(N)n[nH]1. The highest BCUT2D eigenvalue weighted by atomic mass is 79.9. The number of benzene rings is 1. The van der Waals surface area contributed by atoms with E-state index in [2.05, 4.69) is 37.2 Å². The van der Waals surface area contributed by atoms with Crippen LogP contribution >= 0.6 is 15.9 Å². The fourth-order valence-corrected chi connectivity index (χ4v) is 2.59. The van der Waals surface area contributed by atoms with E-state index in [0.29, 0.717) is 5.82 Å². The van der Waals surface area contributed by atoms with Crippen molar-refractivity contribution >= 4 is 32.7 Å². The predicted molar refractivity (Wildman–Crippen MR) is 72.7 cm³/mol. The highest BCUT2D eigenvalue weighted by molar-refractivity contribution is 9.10. The molecule has 0 atom stereocenters. The number of hydrogen-bond acceptors (Lipinski definition) is 2. The molecule has 3 rings (SSSR count). The number of nitrogens with zero attached hydrogens (tertiary/aromatic N) is 1. The van der Waals surface area contributed by atoms with Crippen molar-refractivity contribution in [3.05, 3.63) is 34.4 Å². The van der Waals surface area contributed by atoms with Crippen molar-refractivity contribution < 1.29 is 0 Å². The number of aryl methyl sites for hydroxylation is 1. The minimum absolute atomic E-state index is 0.503. The van der Waals surface area contributed by atoms with Crippen LogP contribution in [0.15, 0.2) is 28.7 Å². The molecule has 3 aromatic rings. The number of aromatic nitrogens is 3. The molecule has 0 fully saturated rings. The summed E-state index contributed by atoms with van der Waals surface area (Å²) in [5.41, 5.74) is 9.88. The molecule has 0 unspecified atom stereocenters. The van der Waals surface area contributed by atoms with Gasteiger partial charge in [-0.05, 0) is 28.9 Å². The Morgan fingerprint density at radius 3 is 2.88 bits per heavy atom. The zero-order valence-corrected chi connectivity index (χ0v) is 10.8. The van der Waals surface area contributed by atoms with Gasteiger partial charge in [-0.1, -0.05) is 12.1 Å². The maximum absolute atomic E-state index is 5.65. The molecule has 0 aliphatic heterocycles. The Bertz CT molecular complexity index is 696. The van der Waals surface area contributed by atoms with Gasteiger partial charge in [0.1, 0.15) is 5.82 Å². The molecule has 5 heteroatoms. The van der Waals surface area contributed by atoms with Gasteiger partial charge in [0.05, 0.1) is 11.2 Å². The normalized spacial score (nSPS) is 11.2. The lowest BCUT2D eigenvalue weighted by Gasteiger charge is -1.97. The van der Waals surface area contributed by atoms with Gasteiger partial charge in [-0.2, -0.15) is 5.10 Å².